The van der Waals surface area contributed by atoms with Crippen molar-refractivity contribution in [2.24, 2.45) is 0 Å². The van der Waals surface area contributed by atoms with Crippen molar-refractivity contribution in [3.8, 4) is 0 Å². The van der Waals surface area contributed by atoms with Gasteiger partial charge in [-0.2, -0.15) is 0 Å². The minimum absolute atomic E-state index is 0.245. The second-order valence-electron chi connectivity index (χ2n) is 27.1. The quantitative estimate of drug-likeness (QED) is 0.0199. The SMILES string of the molecule is CCCCCCC/C=C\C/C=C\C/C=C\CCCCCCCCCCCCCCCCCCCCC(=O)NC(COC1OC(CO)C(OC2OC(CO)C(OC3OC(CO)C(O)C(O)C3O)C(O)C2O)C(O)C1O)C(O)/C=C/CCCCCCCCCCCCCCCC. The third kappa shape index (κ3) is 37.3. The fourth-order valence-corrected chi connectivity index (χ4v) is 12.7. The van der Waals surface area contributed by atoms with E-state index in [1.54, 1.807) is 6.08 Å². The zero-order valence-corrected chi connectivity index (χ0v) is 58.4. The summed E-state index contributed by atoms with van der Waals surface area (Å²) in [6.07, 6.45) is 42.4. The van der Waals surface area contributed by atoms with E-state index in [1.165, 1.54) is 205 Å². The molecule has 3 aliphatic rings. The van der Waals surface area contributed by atoms with Crippen molar-refractivity contribution in [1.29, 1.82) is 0 Å². The molecule has 3 rings (SSSR count). The summed E-state index contributed by atoms with van der Waals surface area (Å²) in [4.78, 5) is 13.4. The third-order valence-corrected chi connectivity index (χ3v) is 18.9. The largest absolute Gasteiger partial charge is 0.394 e. The summed E-state index contributed by atoms with van der Waals surface area (Å²) < 4.78 is 34.4. The maximum absolute atomic E-state index is 13.4. The standard InChI is InChI=1S/C75H137NO18/c1-3-5-7-9-11-13-15-17-19-21-22-23-24-25-26-27-28-29-30-31-32-33-34-35-36-37-39-41-43-45-47-49-51-53-63(81)76-58(59(80)52-50-48-46-44-42-40-38-20-18-16-14-12-10-8-6-4-2)57-89-73-69(87)66(84)71(61(55-78)91-73)94-75-70(88)67(85)72(62(56-79)92-75)93-74-68(86)65(83)64(82)60(54-77)90-74/h15,17,21-22,24-25,50,52,58-62,64-75,77-80,82-88H,3-14,16,18-20,23,26-49,51,53-57H2,1-2H3,(H,76,81)/b17-15-,22-21-,25-24-,52-50+. The van der Waals surface area contributed by atoms with Crippen molar-refractivity contribution in [2.45, 2.75) is 394 Å². The van der Waals surface area contributed by atoms with Crippen LogP contribution >= 0.6 is 0 Å². The number of carbonyl (C=O) groups is 1. The molecule has 19 heteroatoms. The first kappa shape index (κ1) is 86.0. The van der Waals surface area contributed by atoms with Gasteiger partial charge in [0.05, 0.1) is 38.6 Å². The molecule has 12 N–H and O–H groups in total. The molecular formula is C75H137NO18. The molecule has 17 unspecified atom stereocenters. The van der Waals surface area contributed by atoms with Gasteiger partial charge in [-0.15, -0.1) is 0 Å². The van der Waals surface area contributed by atoms with Gasteiger partial charge in [0.1, 0.15) is 73.2 Å². The van der Waals surface area contributed by atoms with Gasteiger partial charge >= 0.3 is 0 Å². The van der Waals surface area contributed by atoms with Gasteiger partial charge < -0.3 is 89.9 Å². The van der Waals surface area contributed by atoms with Crippen molar-refractivity contribution in [1.82, 2.24) is 5.32 Å². The van der Waals surface area contributed by atoms with Gasteiger partial charge in [-0.25, -0.2) is 0 Å². The van der Waals surface area contributed by atoms with Crippen molar-refractivity contribution >= 4 is 5.91 Å². The highest BCUT2D eigenvalue weighted by atomic mass is 16.8. The fourth-order valence-electron chi connectivity index (χ4n) is 12.7. The Kier molecular flexibility index (Phi) is 51.7. The number of amides is 1. The molecule has 0 radical (unpaired) electrons. The summed E-state index contributed by atoms with van der Waals surface area (Å²) in [6, 6.07) is -0.973. The third-order valence-electron chi connectivity index (χ3n) is 18.9. The molecule has 550 valence electrons. The predicted octanol–water partition coefficient (Wildman–Crippen LogP) is 11.3. The van der Waals surface area contributed by atoms with Crippen LogP contribution in [0.2, 0.25) is 0 Å². The van der Waals surface area contributed by atoms with Gasteiger partial charge in [-0.3, -0.25) is 4.79 Å². The number of allylic oxidation sites excluding steroid dienone is 7. The number of aliphatic hydroxyl groups is 11. The van der Waals surface area contributed by atoms with Crippen LogP contribution in [0.3, 0.4) is 0 Å². The normalized spacial score (nSPS) is 27.6. The molecule has 0 bridgehead atoms. The molecule has 0 saturated carbocycles. The topological polar surface area (TPSA) is 307 Å². The molecule has 0 spiro atoms. The zero-order valence-electron chi connectivity index (χ0n) is 58.4. The number of hydrogen-bond donors (Lipinski definition) is 12. The minimum atomic E-state index is -1.98. The number of ether oxygens (including phenoxy) is 6. The Bertz CT molecular complexity index is 1890. The van der Waals surface area contributed by atoms with Gasteiger partial charge in [0.15, 0.2) is 18.9 Å². The monoisotopic (exact) mass is 1340 g/mol. The Balaban J connectivity index is 1.36. The lowest BCUT2D eigenvalue weighted by atomic mass is 9.96. The molecule has 0 aliphatic carbocycles. The van der Waals surface area contributed by atoms with Gasteiger partial charge in [-0.05, 0) is 57.8 Å². The number of aliphatic hydroxyl groups excluding tert-OH is 11. The van der Waals surface area contributed by atoms with E-state index in [4.69, 9.17) is 28.4 Å². The van der Waals surface area contributed by atoms with Crippen LogP contribution in [0.1, 0.15) is 290 Å². The molecule has 94 heavy (non-hydrogen) atoms. The van der Waals surface area contributed by atoms with Gasteiger partial charge in [-0.1, -0.05) is 274 Å². The Morgan fingerprint density at radius 2 is 0.702 bits per heavy atom. The summed E-state index contributed by atoms with van der Waals surface area (Å²) in [5, 5.41) is 121. The second-order valence-corrected chi connectivity index (χ2v) is 27.1. The lowest BCUT2D eigenvalue weighted by molar-refractivity contribution is -0.379. The fraction of sp³-hybridized carbons (Fsp3) is 0.880. The van der Waals surface area contributed by atoms with Crippen LogP contribution in [0.4, 0.5) is 0 Å². The average Bonchev–Trinajstić information content (AvgIpc) is 0.787. The van der Waals surface area contributed by atoms with E-state index in [0.29, 0.717) is 6.42 Å². The summed E-state index contributed by atoms with van der Waals surface area (Å²) in [5.74, 6) is -0.272. The van der Waals surface area contributed by atoms with E-state index in [1.807, 2.05) is 6.08 Å². The molecule has 3 heterocycles. The predicted molar refractivity (Wildman–Crippen MR) is 369 cm³/mol. The Morgan fingerprint density at radius 1 is 0.383 bits per heavy atom. The van der Waals surface area contributed by atoms with Gasteiger partial charge in [0.2, 0.25) is 5.91 Å². The zero-order chi connectivity index (χ0) is 68.2. The van der Waals surface area contributed by atoms with Crippen LogP contribution in [0.25, 0.3) is 0 Å². The summed E-state index contributed by atoms with van der Waals surface area (Å²) >= 11 is 0. The minimum Gasteiger partial charge on any atom is -0.394 e. The number of unbranched alkanes of at least 4 members (excludes halogenated alkanes) is 37. The Hall–Kier alpha value is -2.25. The smallest absolute Gasteiger partial charge is 0.220 e. The first-order chi connectivity index (χ1) is 45.8. The Morgan fingerprint density at radius 3 is 1.10 bits per heavy atom. The number of hydrogen-bond acceptors (Lipinski definition) is 18. The van der Waals surface area contributed by atoms with E-state index in [2.05, 4.69) is 55.6 Å². The first-order valence-electron chi connectivity index (χ1n) is 37.9. The highest BCUT2D eigenvalue weighted by Gasteiger charge is 2.53. The van der Waals surface area contributed by atoms with E-state index in [-0.39, 0.29) is 18.9 Å². The molecular weight excluding hydrogens is 1200 g/mol. The Labute approximate surface area is 567 Å². The van der Waals surface area contributed by atoms with E-state index in [0.717, 1.165) is 57.8 Å². The lowest BCUT2D eigenvalue weighted by Crippen LogP contribution is -2.66. The lowest BCUT2D eigenvalue weighted by Gasteiger charge is -2.48. The second kappa shape index (κ2) is 56.5. The maximum atomic E-state index is 13.4. The molecule has 3 aliphatic heterocycles. The van der Waals surface area contributed by atoms with Crippen molar-refractivity contribution in [2.75, 3.05) is 26.4 Å². The molecule has 3 fully saturated rings. The van der Waals surface area contributed by atoms with Crippen LogP contribution < -0.4 is 5.32 Å². The van der Waals surface area contributed by atoms with Crippen LogP contribution in [-0.4, -0.2) is 193 Å². The van der Waals surface area contributed by atoms with Crippen molar-refractivity contribution in [3.63, 3.8) is 0 Å². The van der Waals surface area contributed by atoms with Crippen LogP contribution in [0.5, 0.6) is 0 Å². The van der Waals surface area contributed by atoms with Gasteiger partial charge in [0.25, 0.3) is 0 Å². The molecule has 3 saturated heterocycles. The highest BCUT2D eigenvalue weighted by Crippen LogP contribution is 2.33. The first-order valence-corrected chi connectivity index (χ1v) is 37.9. The number of rotatable bonds is 59. The average molecular weight is 1340 g/mol. The van der Waals surface area contributed by atoms with E-state index >= 15 is 0 Å². The summed E-state index contributed by atoms with van der Waals surface area (Å²) in [5.41, 5.74) is 0. The summed E-state index contributed by atoms with van der Waals surface area (Å²) in [6.45, 7) is 1.74. The highest BCUT2D eigenvalue weighted by molar-refractivity contribution is 5.76. The van der Waals surface area contributed by atoms with Crippen LogP contribution in [0.15, 0.2) is 48.6 Å². The van der Waals surface area contributed by atoms with E-state index in [9.17, 15) is 61.0 Å². The van der Waals surface area contributed by atoms with Crippen LogP contribution in [0, 0.1) is 0 Å². The molecule has 0 aromatic rings. The number of nitrogens with one attached hydrogen (secondary N) is 1. The molecule has 19 nitrogen and oxygen atoms in total. The summed E-state index contributed by atoms with van der Waals surface area (Å²) in [7, 11) is 0. The molecule has 0 aromatic carbocycles. The molecule has 1 amide bonds. The molecule has 17 atom stereocenters. The van der Waals surface area contributed by atoms with Gasteiger partial charge in [0, 0.05) is 6.42 Å². The number of carbonyl (C=O) groups excluding carboxylic acids is 1. The van der Waals surface area contributed by atoms with Crippen LogP contribution in [-0.2, 0) is 33.2 Å². The van der Waals surface area contributed by atoms with E-state index < -0.39 is 124 Å². The molecule has 0 aromatic heterocycles. The van der Waals surface area contributed by atoms with Crippen molar-refractivity contribution in [3.05, 3.63) is 48.6 Å². The van der Waals surface area contributed by atoms with Crippen molar-refractivity contribution < 1.29 is 89.4 Å². The maximum Gasteiger partial charge on any atom is 0.220 e.